The van der Waals surface area contributed by atoms with Crippen molar-refractivity contribution in [2.24, 2.45) is 5.92 Å². The molecule has 30 heavy (non-hydrogen) atoms. The van der Waals surface area contributed by atoms with Gasteiger partial charge in [-0.2, -0.15) is 0 Å². The van der Waals surface area contributed by atoms with Gasteiger partial charge in [0.05, 0.1) is 19.3 Å². The summed E-state index contributed by atoms with van der Waals surface area (Å²) >= 11 is 0. The normalized spacial score (nSPS) is 16.3. The summed E-state index contributed by atoms with van der Waals surface area (Å²) in [5.41, 5.74) is 1.88. The van der Waals surface area contributed by atoms with E-state index in [1.807, 2.05) is 48.5 Å². The van der Waals surface area contributed by atoms with Gasteiger partial charge in [0.25, 0.3) is 0 Å². The topological polar surface area (TPSA) is 80.5 Å². The number of piperidine rings is 1. The summed E-state index contributed by atoms with van der Waals surface area (Å²) in [5, 5.41) is 11.7. The van der Waals surface area contributed by atoms with Crippen LogP contribution in [-0.4, -0.2) is 42.8 Å². The molecule has 0 aliphatic carbocycles. The van der Waals surface area contributed by atoms with Crippen molar-refractivity contribution in [1.29, 1.82) is 0 Å². The predicted molar refractivity (Wildman–Crippen MR) is 114 cm³/mol. The fourth-order valence-corrected chi connectivity index (χ4v) is 3.72. The van der Waals surface area contributed by atoms with Crippen LogP contribution in [-0.2, 0) is 11.2 Å². The van der Waals surface area contributed by atoms with Crippen LogP contribution in [0, 0.1) is 5.92 Å². The second kappa shape index (κ2) is 9.43. The van der Waals surface area contributed by atoms with Crippen molar-refractivity contribution in [2.75, 3.05) is 31.6 Å². The lowest BCUT2D eigenvalue weighted by Crippen LogP contribution is -2.43. The van der Waals surface area contributed by atoms with Gasteiger partial charge in [0, 0.05) is 19.6 Å². The summed E-state index contributed by atoms with van der Waals surface area (Å²) in [7, 11) is 1.65. The Kier molecular flexibility index (Phi) is 6.27. The number of aromatic nitrogens is 2. The number of carbonyl (C=O) groups excluding carboxylic acids is 1. The zero-order valence-corrected chi connectivity index (χ0v) is 17.1. The number of hydrogen-bond donors (Lipinski definition) is 1. The van der Waals surface area contributed by atoms with Gasteiger partial charge in [-0.05, 0) is 61.2 Å². The van der Waals surface area contributed by atoms with E-state index in [1.165, 1.54) is 5.56 Å². The molecule has 1 aliphatic heterocycles. The van der Waals surface area contributed by atoms with Crippen LogP contribution in [0.25, 0.3) is 11.5 Å². The zero-order chi connectivity index (χ0) is 20.8. The summed E-state index contributed by atoms with van der Waals surface area (Å²) in [6.07, 6.45) is 4.26. The molecule has 0 radical (unpaired) electrons. The minimum Gasteiger partial charge on any atom is -0.497 e. The summed E-state index contributed by atoms with van der Waals surface area (Å²) in [6, 6.07) is 15.5. The number of furan rings is 1. The third-order valence-corrected chi connectivity index (χ3v) is 5.41. The van der Waals surface area contributed by atoms with E-state index in [9.17, 15) is 4.79 Å². The maximum atomic E-state index is 12.7. The molecular weight excluding hydrogens is 380 g/mol. The number of benzene rings is 1. The zero-order valence-electron chi connectivity index (χ0n) is 17.1. The number of carbonyl (C=O) groups is 1. The van der Waals surface area contributed by atoms with Crippen molar-refractivity contribution in [3.05, 3.63) is 60.4 Å². The molecule has 1 aromatic carbocycles. The van der Waals surface area contributed by atoms with Crippen molar-refractivity contribution in [3.63, 3.8) is 0 Å². The van der Waals surface area contributed by atoms with E-state index < -0.39 is 0 Å². The first-order valence-electron chi connectivity index (χ1n) is 10.3. The number of anilines is 1. The average Bonchev–Trinajstić information content (AvgIpc) is 3.35. The second-order valence-electron chi connectivity index (χ2n) is 7.43. The minimum atomic E-state index is -0.0406. The van der Waals surface area contributed by atoms with Crippen molar-refractivity contribution in [2.45, 2.75) is 19.3 Å². The van der Waals surface area contributed by atoms with Crippen LogP contribution >= 0.6 is 0 Å². The van der Waals surface area contributed by atoms with E-state index >= 15 is 0 Å². The lowest BCUT2D eigenvalue weighted by Gasteiger charge is -2.32. The molecule has 0 spiro atoms. The Balaban J connectivity index is 1.29. The number of hydrogen-bond acceptors (Lipinski definition) is 6. The van der Waals surface area contributed by atoms with E-state index in [1.54, 1.807) is 13.4 Å². The fourth-order valence-electron chi connectivity index (χ4n) is 3.72. The third kappa shape index (κ3) is 4.79. The van der Waals surface area contributed by atoms with E-state index in [0.29, 0.717) is 24.5 Å². The van der Waals surface area contributed by atoms with Gasteiger partial charge >= 0.3 is 0 Å². The molecule has 1 N–H and O–H groups in total. The Morgan fingerprint density at radius 2 is 2.07 bits per heavy atom. The molecule has 2 aromatic heterocycles. The Morgan fingerprint density at radius 3 is 2.77 bits per heavy atom. The van der Waals surface area contributed by atoms with Gasteiger partial charge in [-0.1, -0.05) is 12.1 Å². The Morgan fingerprint density at radius 1 is 1.20 bits per heavy atom. The maximum absolute atomic E-state index is 12.7. The molecule has 7 nitrogen and oxygen atoms in total. The van der Waals surface area contributed by atoms with Crippen LogP contribution in [0.4, 0.5) is 5.82 Å². The first kappa shape index (κ1) is 19.9. The van der Waals surface area contributed by atoms with E-state index in [0.717, 1.165) is 37.4 Å². The first-order valence-corrected chi connectivity index (χ1v) is 10.3. The Labute approximate surface area is 176 Å². The molecule has 1 fully saturated rings. The van der Waals surface area contributed by atoms with Gasteiger partial charge in [-0.15, -0.1) is 10.2 Å². The summed E-state index contributed by atoms with van der Waals surface area (Å²) in [5.74, 6) is 2.39. The van der Waals surface area contributed by atoms with Gasteiger partial charge in [0.2, 0.25) is 5.91 Å². The van der Waals surface area contributed by atoms with Crippen LogP contribution in [0.3, 0.4) is 0 Å². The van der Waals surface area contributed by atoms with Gasteiger partial charge < -0.3 is 19.4 Å². The van der Waals surface area contributed by atoms with Crippen molar-refractivity contribution < 1.29 is 13.9 Å². The quantitative estimate of drug-likeness (QED) is 0.648. The summed E-state index contributed by atoms with van der Waals surface area (Å²) in [6.45, 7) is 2.16. The molecule has 0 saturated carbocycles. The molecule has 1 aliphatic rings. The van der Waals surface area contributed by atoms with Gasteiger partial charge in [-0.3, -0.25) is 4.79 Å². The number of amides is 1. The molecular formula is C23H26N4O3. The van der Waals surface area contributed by atoms with Crippen LogP contribution in [0.15, 0.2) is 59.2 Å². The monoisotopic (exact) mass is 406 g/mol. The Bertz CT molecular complexity index is 940. The van der Waals surface area contributed by atoms with E-state index in [2.05, 4.69) is 20.4 Å². The molecule has 4 rings (SSSR count). The predicted octanol–water partition coefficient (Wildman–Crippen LogP) is 3.32. The van der Waals surface area contributed by atoms with Crippen LogP contribution in [0.2, 0.25) is 0 Å². The maximum Gasteiger partial charge on any atom is 0.224 e. The van der Waals surface area contributed by atoms with Crippen molar-refractivity contribution in [1.82, 2.24) is 15.5 Å². The van der Waals surface area contributed by atoms with E-state index in [4.69, 9.17) is 9.15 Å². The Hall–Kier alpha value is -3.35. The smallest absolute Gasteiger partial charge is 0.224 e. The highest BCUT2D eigenvalue weighted by Gasteiger charge is 2.26. The van der Waals surface area contributed by atoms with Gasteiger partial charge in [-0.25, -0.2) is 0 Å². The minimum absolute atomic E-state index is 0.0406. The highest BCUT2D eigenvalue weighted by atomic mass is 16.5. The van der Waals surface area contributed by atoms with Crippen molar-refractivity contribution >= 4 is 11.7 Å². The highest BCUT2D eigenvalue weighted by Crippen LogP contribution is 2.23. The van der Waals surface area contributed by atoms with Crippen LogP contribution in [0.5, 0.6) is 5.75 Å². The number of methoxy groups -OCH3 is 1. The molecule has 1 atom stereocenters. The highest BCUT2D eigenvalue weighted by molar-refractivity contribution is 5.79. The lowest BCUT2D eigenvalue weighted by molar-refractivity contribution is -0.125. The van der Waals surface area contributed by atoms with Crippen LogP contribution < -0.4 is 15.0 Å². The van der Waals surface area contributed by atoms with E-state index in [-0.39, 0.29) is 11.8 Å². The molecule has 1 amide bonds. The SMILES string of the molecule is COc1ccc(CCNC(=O)C2CCCN(c3ccc(-c4ccco4)nn3)C2)cc1. The summed E-state index contributed by atoms with van der Waals surface area (Å²) < 4.78 is 10.5. The molecule has 0 bridgehead atoms. The molecule has 3 heterocycles. The summed E-state index contributed by atoms with van der Waals surface area (Å²) in [4.78, 5) is 14.8. The molecule has 1 saturated heterocycles. The first-order chi connectivity index (χ1) is 14.7. The lowest BCUT2D eigenvalue weighted by atomic mass is 9.97. The molecule has 1 unspecified atom stereocenters. The fraction of sp³-hybridized carbons (Fsp3) is 0.348. The standard InChI is InChI=1S/C23H26N4O3/c1-29-19-8-6-17(7-9-19)12-13-24-23(28)18-4-2-14-27(16-18)22-11-10-20(25-26-22)21-5-3-15-30-21/h3,5-11,15,18H,2,4,12-14,16H2,1H3,(H,24,28). The number of nitrogens with one attached hydrogen (secondary N) is 1. The average molecular weight is 406 g/mol. The number of rotatable bonds is 7. The molecule has 7 heteroatoms. The molecule has 3 aromatic rings. The third-order valence-electron chi connectivity index (χ3n) is 5.41. The van der Waals surface area contributed by atoms with Crippen LogP contribution in [0.1, 0.15) is 18.4 Å². The van der Waals surface area contributed by atoms with Gasteiger partial charge in [0.15, 0.2) is 11.6 Å². The van der Waals surface area contributed by atoms with Crippen molar-refractivity contribution in [3.8, 4) is 17.2 Å². The second-order valence-corrected chi connectivity index (χ2v) is 7.43. The van der Waals surface area contributed by atoms with Gasteiger partial charge in [0.1, 0.15) is 11.4 Å². The number of ether oxygens (including phenoxy) is 1. The number of nitrogens with zero attached hydrogens (tertiary/aromatic N) is 3. The molecule has 156 valence electrons. The largest absolute Gasteiger partial charge is 0.497 e.